The molecule has 1 rings (SSSR count). The molecule has 0 saturated heterocycles. The molecule has 0 aromatic carbocycles. The third-order valence-corrected chi connectivity index (χ3v) is 3.56. The number of carboxylic acids is 1. The number of nitrogens with one attached hydrogen (secondary N) is 1. The molecule has 2 N–H and O–H groups in total. The summed E-state index contributed by atoms with van der Waals surface area (Å²) in [7, 11) is 0. The number of thiophene rings is 1. The van der Waals surface area contributed by atoms with Gasteiger partial charge in [-0.1, -0.05) is 25.5 Å². The van der Waals surface area contributed by atoms with Crippen molar-refractivity contribution in [1.29, 1.82) is 0 Å². The minimum absolute atomic E-state index is 0.331. The molecular formula is C13H19NO2S. The maximum Gasteiger partial charge on any atom is 0.330 e. The molecule has 0 aliphatic heterocycles. The first-order valence-electron chi connectivity index (χ1n) is 5.82. The Bertz CT molecular complexity index is 371. The van der Waals surface area contributed by atoms with Crippen LogP contribution in [0.3, 0.4) is 0 Å². The predicted molar refractivity (Wildman–Crippen MR) is 71.4 cm³/mol. The van der Waals surface area contributed by atoms with E-state index in [1.165, 1.54) is 4.88 Å². The molecule has 1 unspecified atom stereocenters. The molecule has 4 heteroatoms. The van der Waals surface area contributed by atoms with Crippen molar-refractivity contribution in [2.45, 2.75) is 32.7 Å². The van der Waals surface area contributed by atoms with E-state index in [0.717, 1.165) is 12.8 Å². The number of rotatable bonds is 7. The lowest BCUT2D eigenvalue weighted by molar-refractivity contribution is -0.132. The van der Waals surface area contributed by atoms with Crippen LogP contribution in [0.2, 0.25) is 0 Å². The summed E-state index contributed by atoms with van der Waals surface area (Å²) < 4.78 is 0. The summed E-state index contributed by atoms with van der Waals surface area (Å²) in [5.74, 6) is -0.852. The summed E-state index contributed by atoms with van der Waals surface area (Å²) in [4.78, 5) is 11.9. The second-order valence-corrected chi connectivity index (χ2v) is 4.94. The highest BCUT2D eigenvalue weighted by Gasteiger charge is 2.10. The normalized spacial score (nSPS) is 13.6. The third kappa shape index (κ3) is 4.71. The molecule has 0 aliphatic carbocycles. The molecule has 0 fully saturated rings. The summed E-state index contributed by atoms with van der Waals surface area (Å²) in [5, 5.41) is 14.2. The number of carboxylic acid groups (broad SMARTS) is 1. The molecule has 3 nitrogen and oxygen atoms in total. The Kier molecular flexibility index (Phi) is 5.94. The van der Waals surface area contributed by atoms with Gasteiger partial charge in [-0.3, -0.25) is 0 Å². The maximum absolute atomic E-state index is 10.6. The second-order valence-electron chi connectivity index (χ2n) is 3.96. The fourth-order valence-electron chi connectivity index (χ4n) is 1.56. The molecule has 0 radical (unpaired) electrons. The van der Waals surface area contributed by atoms with E-state index in [0.29, 0.717) is 18.2 Å². The van der Waals surface area contributed by atoms with Crippen molar-refractivity contribution in [3.8, 4) is 0 Å². The second kappa shape index (κ2) is 7.25. The van der Waals surface area contributed by atoms with Crippen molar-refractivity contribution in [2.75, 3.05) is 6.54 Å². The average molecular weight is 253 g/mol. The van der Waals surface area contributed by atoms with Gasteiger partial charge in [0, 0.05) is 23.0 Å². The van der Waals surface area contributed by atoms with E-state index in [1.807, 2.05) is 6.07 Å². The zero-order chi connectivity index (χ0) is 12.7. The highest BCUT2D eigenvalue weighted by molar-refractivity contribution is 7.10. The summed E-state index contributed by atoms with van der Waals surface area (Å²) in [6.07, 6.45) is 3.90. The zero-order valence-corrected chi connectivity index (χ0v) is 11.1. The lowest BCUT2D eigenvalue weighted by atomic mass is 10.1. The standard InChI is InChI=1S/C13H19NO2S/c1-3-5-11(12-6-4-9-17-12)14-8-7-10(2)13(15)16/h4,6-7,9,11,14H,3,5,8H2,1-2H3,(H,15,16)/b10-7-. The van der Waals surface area contributed by atoms with Crippen molar-refractivity contribution in [1.82, 2.24) is 5.32 Å². The van der Waals surface area contributed by atoms with E-state index < -0.39 is 5.97 Å². The molecule has 0 amide bonds. The van der Waals surface area contributed by atoms with E-state index in [9.17, 15) is 4.79 Å². The first-order valence-corrected chi connectivity index (χ1v) is 6.70. The SMILES string of the molecule is CCCC(NC/C=C(/C)C(=O)O)c1cccs1. The lowest BCUT2D eigenvalue weighted by Gasteiger charge is -2.15. The molecule has 0 saturated carbocycles. The van der Waals surface area contributed by atoms with Gasteiger partial charge >= 0.3 is 5.97 Å². The topological polar surface area (TPSA) is 49.3 Å². The van der Waals surface area contributed by atoms with E-state index in [4.69, 9.17) is 5.11 Å². The monoisotopic (exact) mass is 253 g/mol. The Morgan fingerprint density at radius 1 is 1.65 bits per heavy atom. The van der Waals surface area contributed by atoms with E-state index >= 15 is 0 Å². The van der Waals surface area contributed by atoms with Crippen molar-refractivity contribution < 1.29 is 9.90 Å². The van der Waals surface area contributed by atoms with Crippen molar-refractivity contribution in [3.05, 3.63) is 34.0 Å². The fraction of sp³-hybridized carbons (Fsp3) is 0.462. The number of hydrogen-bond donors (Lipinski definition) is 2. The van der Waals surface area contributed by atoms with Gasteiger partial charge in [0.15, 0.2) is 0 Å². The number of carbonyl (C=O) groups is 1. The Morgan fingerprint density at radius 2 is 2.41 bits per heavy atom. The highest BCUT2D eigenvalue weighted by Crippen LogP contribution is 2.22. The molecule has 0 spiro atoms. The molecule has 1 heterocycles. The smallest absolute Gasteiger partial charge is 0.330 e. The highest BCUT2D eigenvalue weighted by atomic mass is 32.1. The Labute approximate surface area is 106 Å². The van der Waals surface area contributed by atoms with Crippen LogP contribution >= 0.6 is 11.3 Å². The van der Waals surface area contributed by atoms with Gasteiger partial charge in [-0.2, -0.15) is 0 Å². The zero-order valence-electron chi connectivity index (χ0n) is 10.3. The van der Waals surface area contributed by atoms with Crippen LogP contribution in [0.1, 0.15) is 37.6 Å². The van der Waals surface area contributed by atoms with Gasteiger partial charge in [-0.15, -0.1) is 11.3 Å². The van der Waals surface area contributed by atoms with Crippen LogP contribution in [-0.2, 0) is 4.79 Å². The quantitative estimate of drug-likeness (QED) is 0.734. The molecule has 17 heavy (non-hydrogen) atoms. The van der Waals surface area contributed by atoms with E-state index in [1.54, 1.807) is 24.3 Å². The molecule has 94 valence electrons. The van der Waals surface area contributed by atoms with Crippen LogP contribution in [0.25, 0.3) is 0 Å². The first kappa shape index (κ1) is 13.9. The first-order chi connectivity index (χ1) is 8.15. The van der Waals surface area contributed by atoms with Crippen LogP contribution in [-0.4, -0.2) is 17.6 Å². The molecule has 0 bridgehead atoms. The van der Waals surface area contributed by atoms with Gasteiger partial charge in [0.2, 0.25) is 0 Å². The van der Waals surface area contributed by atoms with Crippen LogP contribution in [0.15, 0.2) is 29.2 Å². The molecule has 1 aromatic rings. The van der Waals surface area contributed by atoms with Gasteiger partial charge in [0.05, 0.1) is 0 Å². The van der Waals surface area contributed by atoms with Gasteiger partial charge in [-0.25, -0.2) is 4.79 Å². The number of aliphatic carboxylic acids is 1. The fourth-order valence-corrected chi connectivity index (χ4v) is 2.40. The van der Waals surface area contributed by atoms with Crippen molar-refractivity contribution in [2.24, 2.45) is 0 Å². The van der Waals surface area contributed by atoms with Crippen molar-refractivity contribution in [3.63, 3.8) is 0 Å². The average Bonchev–Trinajstić information content (AvgIpc) is 2.80. The third-order valence-electron chi connectivity index (χ3n) is 2.57. The molecule has 1 atom stereocenters. The molecule has 1 aromatic heterocycles. The largest absolute Gasteiger partial charge is 0.478 e. The summed E-state index contributed by atoms with van der Waals surface area (Å²) >= 11 is 1.74. The summed E-state index contributed by atoms with van der Waals surface area (Å²) in [5.41, 5.74) is 0.388. The summed E-state index contributed by atoms with van der Waals surface area (Å²) in [6.45, 7) is 4.37. The van der Waals surface area contributed by atoms with Gasteiger partial charge in [0.25, 0.3) is 0 Å². The van der Waals surface area contributed by atoms with E-state index in [2.05, 4.69) is 23.7 Å². The van der Waals surface area contributed by atoms with E-state index in [-0.39, 0.29) is 0 Å². The van der Waals surface area contributed by atoms with Gasteiger partial charge < -0.3 is 10.4 Å². The van der Waals surface area contributed by atoms with Crippen LogP contribution in [0, 0.1) is 0 Å². The Morgan fingerprint density at radius 3 is 2.94 bits per heavy atom. The Hall–Kier alpha value is -1.13. The van der Waals surface area contributed by atoms with Crippen molar-refractivity contribution >= 4 is 17.3 Å². The van der Waals surface area contributed by atoms with Gasteiger partial charge in [0.1, 0.15) is 0 Å². The Balaban J connectivity index is 2.51. The van der Waals surface area contributed by atoms with Crippen LogP contribution in [0.4, 0.5) is 0 Å². The van der Waals surface area contributed by atoms with Crippen LogP contribution < -0.4 is 5.32 Å². The maximum atomic E-state index is 10.6. The predicted octanol–water partition coefficient (Wildman–Crippen LogP) is 3.21. The minimum atomic E-state index is -0.852. The molecule has 0 aliphatic rings. The van der Waals surface area contributed by atoms with Crippen LogP contribution in [0.5, 0.6) is 0 Å². The van der Waals surface area contributed by atoms with Gasteiger partial charge in [-0.05, 0) is 24.8 Å². The minimum Gasteiger partial charge on any atom is -0.478 e. The summed E-state index contributed by atoms with van der Waals surface area (Å²) in [6, 6.07) is 4.49. The number of hydrogen-bond acceptors (Lipinski definition) is 3. The molecular weight excluding hydrogens is 234 g/mol. The lowest BCUT2D eigenvalue weighted by Crippen LogP contribution is -2.21.